The fraction of sp³-hybridized carbons (Fsp3) is 0. The van der Waals surface area contributed by atoms with E-state index in [4.69, 9.17) is 4.42 Å². The lowest BCUT2D eigenvalue weighted by molar-refractivity contribution is 0.669. The van der Waals surface area contributed by atoms with E-state index >= 15 is 0 Å². The Morgan fingerprint density at radius 1 is 0.327 bits per heavy atom. The van der Waals surface area contributed by atoms with Gasteiger partial charge in [0.25, 0.3) is 0 Å². The van der Waals surface area contributed by atoms with Gasteiger partial charge in [0.1, 0.15) is 11.2 Å². The fourth-order valence-corrected chi connectivity index (χ4v) is 7.20. The third-order valence-corrected chi connectivity index (χ3v) is 9.48. The lowest BCUT2D eigenvalue weighted by Gasteiger charge is -2.18. The van der Waals surface area contributed by atoms with E-state index in [0.717, 1.165) is 54.6 Å². The molecule has 1 nitrogen and oxygen atoms in total. The fourth-order valence-electron chi connectivity index (χ4n) is 7.20. The summed E-state index contributed by atoms with van der Waals surface area (Å²) in [6, 6.07) is 46.3. The van der Waals surface area contributed by atoms with Gasteiger partial charge < -0.3 is 4.42 Å². The smallest absolute Gasteiger partial charge is 0.135 e. The Balaban J connectivity index is 1.22. The van der Waals surface area contributed by atoms with Crippen molar-refractivity contribution in [2.75, 3.05) is 0 Å². The average molecular weight is 629 g/mol. The van der Waals surface area contributed by atoms with E-state index in [-0.39, 0.29) is 58.2 Å². The van der Waals surface area contributed by atoms with Gasteiger partial charge in [0, 0.05) is 10.8 Å². The lowest BCUT2D eigenvalue weighted by Crippen LogP contribution is -1.90. The molecule has 0 fully saturated rings. The molecule has 1 aromatic heterocycles. The molecule has 0 bridgehead atoms. The molecule has 0 amide bonds. The van der Waals surface area contributed by atoms with Gasteiger partial charge in [-0.05, 0) is 113 Å². The third kappa shape index (κ3) is 4.55. The van der Waals surface area contributed by atoms with E-state index < -0.39 is 0 Å². The van der Waals surface area contributed by atoms with Crippen LogP contribution in [-0.4, -0.2) is 0 Å². The summed E-state index contributed by atoms with van der Waals surface area (Å²) in [5, 5.41) is 5.25. The van der Waals surface area contributed by atoms with Crippen molar-refractivity contribution < 1.29 is 12.6 Å². The van der Waals surface area contributed by atoms with Crippen molar-refractivity contribution in [2.24, 2.45) is 0 Å². The first-order chi connectivity index (χ1) is 26.8. The Morgan fingerprint density at radius 3 is 1.31 bits per heavy atom. The summed E-state index contributed by atoms with van der Waals surface area (Å²) < 4.78 is 62.8. The first kappa shape index (κ1) is 22.2. The molecule has 0 aliphatic carbocycles. The van der Waals surface area contributed by atoms with Gasteiger partial charge in [-0.1, -0.05) is 145 Å². The zero-order valence-corrected chi connectivity index (χ0v) is 26.3. The highest BCUT2D eigenvalue weighted by Crippen LogP contribution is 2.44. The second-order valence-corrected chi connectivity index (χ2v) is 12.3. The maximum absolute atomic E-state index is 9.66. The minimum atomic E-state index is -0.251. The van der Waals surface area contributed by atoms with E-state index in [1.54, 1.807) is 6.07 Å². The molecule has 10 rings (SSSR count). The predicted molar refractivity (Wildman–Crippen MR) is 208 cm³/mol. The number of furan rings is 1. The second kappa shape index (κ2) is 11.1. The van der Waals surface area contributed by atoms with Crippen LogP contribution in [-0.2, 0) is 0 Å². The Bertz CT molecular complexity index is 3150. The average Bonchev–Trinajstić information content (AvgIpc) is 3.59. The van der Waals surface area contributed by atoms with Crippen LogP contribution in [0.15, 0.2) is 186 Å². The minimum absolute atomic E-state index is 0.0211. The van der Waals surface area contributed by atoms with Crippen molar-refractivity contribution in [3.8, 4) is 44.5 Å². The largest absolute Gasteiger partial charge is 0.456 e. The van der Waals surface area contributed by atoms with Gasteiger partial charge in [0.15, 0.2) is 0 Å². The molecule has 1 heterocycles. The molecular formula is C48H30O. The second-order valence-electron chi connectivity index (χ2n) is 12.3. The molecule has 0 atom stereocenters. The van der Waals surface area contributed by atoms with Crippen molar-refractivity contribution in [2.45, 2.75) is 0 Å². The molecule has 228 valence electrons. The lowest BCUT2D eigenvalue weighted by atomic mass is 9.85. The maximum Gasteiger partial charge on any atom is 0.135 e. The van der Waals surface area contributed by atoms with Crippen LogP contribution < -0.4 is 0 Å². The van der Waals surface area contributed by atoms with Crippen LogP contribution in [0.25, 0.3) is 98.8 Å². The quantitative estimate of drug-likeness (QED) is 0.177. The number of fused-ring (bicyclic) bond motifs is 6. The van der Waals surface area contributed by atoms with E-state index in [1.165, 1.54) is 0 Å². The molecule has 0 aliphatic heterocycles. The molecule has 0 saturated carbocycles. The van der Waals surface area contributed by atoms with Crippen molar-refractivity contribution in [1.29, 1.82) is 0 Å². The Labute approximate surface area is 292 Å². The summed E-state index contributed by atoms with van der Waals surface area (Å²) in [7, 11) is 0. The zero-order valence-electron chi connectivity index (χ0n) is 32.3. The van der Waals surface area contributed by atoms with Crippen LogP contribution in [0.3, 0.4) is 0 Å². The van der Waals surface area contributed by atoms with Gasteiger partial charge in [-0.3, -0.25) is 0 Å². The van der Waals surface area contributed by atoms with Crippen LogP contribution in [0.2, 0.25) is 0 Å². The minimum Gasteiger partial charge on any atom is -0.456 e. The zero-order chi connectivity index (χ0) is 37.5. The molecule has 10 aromatic rings. The van der Waals surface area contributed by atoms with Crippen LogP contribution >= 0.6 is 0 Å². The topological polar surface area (TPSA) is 13.1 Å². The number of rotatable bonds is 4. The molecule has 9 aromatic carbocycles. The molecule has 0 radical (unpaired) electrons. The third-order valence-electron chi connectivity index (χ3n) is 9.48. The summed E-state index contributed by atoms with van der Waals surface area (Å²) >= 11 is 0. The van der Waals surface area contributed by atoms with Crippen molar-refractivity contribution in [3.05, 3.63) is 182 Å². The van der Waals surface area contributed by atoms with E-state index in [2.05, 4.69) is 18.2 Å². The Kier molecular flexibility index (Phi) is 5.02. The van der Waals surface area contributed by atoms with Crippen LogP contribution in [0.1, 0.15) is 8.22 Å². The Morgan fingerprint density at radius 2 is 0.755 bits per heavy atom. The maximum atomic E-state index is 9.66. The van der Waals surface area contributed by atoms with Gasteiger partial charge in [0.05, 0.1) is 8.22 Å². The van der Waals surface area contributed by atoms with E-state index in [1.807, 2.05) is 121 Å². The Hall–Kier alpha value is -6.44. The summed E-state index contributed by atoms with van der Waals surface area (Å²) in [5.41, 5.74) is 7.07. The van der Waals surface area contributed by atoms with Crippen molar-refractivity contribution in [1.82, 2.24) is 0 Å². The van der Waals surface area contributed by atoms with Crippen LogP contribution in [0.5, 0.6) is 0 Å². The molecule has 49 heavy (non-hydrogen) atoms. The van der Waals surface area contributed by atoms with Crippen molar-refractivity contribution >= 4 is 54.3 Å². The SMILES string of the molecule is [2H]c1c(-c2c3ccccc3c(-c3ccccc3)c3ccccc23)c([2H])c2c([2H])c([2H])c(-c3ccc4oc5ccc(-c6ccccc6)cc5c4c3)c([2H])c2c1[2H]. The summed E-state index contributed by atoms with van der Waals surface area (Å²) in [6.45, 7) is 0. The first-order valence-electron chi connectivity index (χ1n) is 19.4. The number of benzene rings is 9. The molecular weight excluding hydrogens is 593 g/mol. The highest BCUT2D eigenvalue weighted by molar-refractivity contribution is 6.21. The molecule has 1 heteroatoms. The molecule has 0 unspecified atom stereocenters. The highest BCUT2D eigenvalue weighted by atomic mass is 16.3. The monoisotopic (exact) mass is 628 g/mol. The predicted octanol–water partition coefficient (Wildman–Crippen LogP) is 13.7. The first-order valence-corrected chi connectivity index (χ1v) is 16.4. The summed E-state index contributed by atoms with van der Waals surface area (Å²) in [6.07, 6.45) is 0. The molecule has 0 N–H and O–H groups in total. The van der Waals surface area contributed by atoms with E-state index in [9.17, 15) is 8.22 Å². The number of hydrogen-bond donors (Lipinski definition) is 0. The van der Waals surface area contributed by atoms with Gasteiger partial charge in [0.2, 0.25) is 0 Å². The molecule has 0 spiro atoms. The summed E-state index contributed by atoms with van der Waals surface area (Å²) in [5.74, 6) is 0. The number of hydrogen-bond acceptors (Lipinski definition) is 1. The normalized spacial score (nSPS) is 13.4. The summed E-state index contributed by atoms with van der Waals surface area (Å²) in [4.78, 5) is 0. The standard InChI is InChI=1S/C48H30O/c1-3-11-31(12-4-1)36-23-25-45-43(29-36)44-30-37(24-26-46(44)49-45)34-19-20-35-28-38(22-21-33(35)27-34)48-41-17-9-7-15-39(41)47(32-13-5-2-6-14-32)40-16-8-10-18-42(40)48/h1-30H/i19D,20D,21D,22D,27D,28D. The van der Waals surface area contributed by atoms with Crippen molar-refractivity contribution in [3.63, 3.8) is 0 Å². The van der Waals surface area contributed by atoms with Crippen LogP contribution in [0.4, 0.5) is 0 Å². The highest BCUT2D eigenvalue weighted by Gasteiger charge is 2.17. The van der Waals surface area contributed by atoms with Gasteiger partial charge in [-0.15, -0.1) is 0 Å². The van der Waals surface area contributed by atoms with Gasteiger partial charge in [-0.25, -0.2) is 0 Å². The van der Waals surface area contributed by atoms with Crippen LogP contribution in [0, 0.1) is 0 Å². The molecule has 0 aliphatic rings. The van der Waals surface area contributed by atoms with Gasteiger partial charge >= 0.3 is 0 Å². The molecule has 0 saturated heterocycles. The van der Waals surface area contributed by atoms with E-state index in [0.29, 0.717) is 22.3 Å². The van der Waals surface area contributed by atoms with Gasteiger partial charge in [-0.2, -0.15) is 0 Å².